The lowest BCUT2D eigenvalue weighted by atomic mass is 10.0. The zero-order valence-electron chi connectivity index (χ0n) is 13.7. The van der Waals surface area contributed by atoms with Gasteiger partial charge in [0.2, 0.25) is 0 Å². The molecule has 0 atom stereocenters. The molecule has 0 saturated carbocycles. The molecule has 0 N–H and O–H groups in total. The summed E-state index contributed by atoms with van der Waals surface area (Å²) in [6, 6.07) is 28.9. The lowest BCUT2D eigenvalue weighted by Crippen LogP contribution is -1.83. The second kappa shape index (κ2) is 7.98. The lowest BCUT2D eigenvalue weighted by Gasteiger charge is -2.04. The van der Waals surface area contributed by atoms with E-state index in [1.54, 1.807) is 7.11 Å². The van der Waals surface area contributed by atoms with Crippen molar-refractivity contribution >= 4 is 17.7 Å². The number of methoxy groups -OCH3 is 1. The first-order valence-corrected chi connectivity index (χ1v) is 7.99. The van der Waals surface area contributed by atoms with Crippen LogP contribution < -0.4 is 4.74 Å². The van der Waals surface area contributed by atoms with E-state index < -0.39 is 0 Å². The van der Waals surface area contributed by atoms with Crippen molar-refractivity contribution in [3.8, 4) is 5.75 Å². The Labute approximate surface area is 143 Å². The molecule has 0 saturated heterocycles. The first kappa shape index (κ1) is 15.8. The van der Waals surface area contributed by atoms with Crippen LogP contribution in [0, 0.1) is 0 Å². The van der Waals surface area contributed by atoms with Crippen molar-refractivity contribution in [1.82, 2.24) is 0 Å². The van der Waals surface area contributed by atoms with Crippen LogP contribution in [0.3, 0.4) is 0 Å². The van der Waals surface area contributed by atoms with Crippen molar-refractivity contribution < 1.29 is 4.74 Å². The number of rotatable bonds is 5. The van der Waals surface area contributed by atoms with Crippen molar-refractivity contribution in [3.05, 3.63) is 108 Å². The minimum atomic E-state index is 0.866. The maximum Gasteiger partial charge on any atom is 0.119 e. The molecule has 1 heteroatoms. The van der Waals surface area contributed by atoms with Crippen molar-refractivity contribution in [2.24, 2.45) is 0 Å². The van der Waals surface area contributed by atoms with E-state index in [-0.39, 0.29) is 0 Å². The fourth-order valence-corrected chi connectivity index (χ4v) is 2.52. The molecule has 0 heterocycles. The maximum atomic E-state index is 5.29. The highest BCUT2D eigenvalue weighted by atomic mass is 16.5. The lowest BCUT2D eigenvalue weighted by molar-refractivity contribution is 0.414. The van der Waals surface area contributed by atoms with E-state index in [0.29, 0.717) is 0 Å². The molecule has 24 heavy (non-hydrogen) atoms. The Bertz CT molecular complexity index is 830. The summed E-state index contributed by atoms with van der Waals surface area (Å²) < 4.78 is 5.29. The monoisotopic (exact) mass is 312 g/mol. The van der Waals surface area contributed by atoms with E-state index in [0.717, 1.165) is 11.3 Å². The molecule has 0 radical (unpaired) electrons. The zero-order chi connectivity index (χ0) is 16.6. The molecule has 0 aliphatic heterocycles. The second-order valence-electron chi connectivity index (χ2n) is 5.49. The molecule has 0 amide bonds. The van der Waals surface area contributed by atoms with Crippen molar-refractivity contribution in [2.45, 2.75) is 0 Å². The van der Waals surface area contributed by atoms with Crippen LogP contribution in [-0.2, 0) is 0 Å². The molecule has 0 unspecified atom stereocenters. The molecule has 0 aliphatic rings. The zero-order valence-corrected chi connectivity index (χ0v) is 13.7. The molecular formula is C23H20O. The normalized spacial score (nSPS) is 11.6. The van der Waals surface area contributed by atoms with Gasteiger partial charge in [0.05, 0.1) is 7.11 Å². The summed E-state index contributed by atoms with van der Waals surface area (Å²) in [5.74, 6) is 0.866. The number of benzene rings is 3. The highest BCUT2D eigenvalue weighted by molar-refractivity contribution is 5.90. The van der Waals surface area contributed by atoms with Crippen molar-refractivity contribution in [2.75, 3.05) is 7.11 Å². The minimum absolute atomic E-state index is 0.866. The standard InChI is InChI=1S/C23H20O/c1-24-23-14-8-11-20(18-23)15-16-22(21-12-6-3-7-13-21)17-19-9-4-2-5-10-19/h2-18H,1H3/b16-15+,22-17-. The Morgan fingerprint density at radius 3 is 2.12 bits per heavy atom. The molecule has 0 aromatic heterocycles. The SMILES string of the molecule is COc1cccc(/C=C/C(=C/c2ccccc2)c2ccccc2)c1. The molecular weight excluding hydrogens is 292 g/mol. The molecule has 118 valence electrons. The minimum Gasteiger partial charge on any atom is -0.497 e. The van der Waals surface area contributed by atoms with Gasteiger partial charge in [0.1, 0.15) is 5.75 Å². The van der Waals surface area contributed by atoms with Gasteiger partial charge in [-0.1, -0.05) is 84.9 Å². The molecule has 0 fully saturated rings. The van der Waals surface area contributed by atoms with Crippen molar-refractivity contribution in [1.29, 1.82) is 0 Å². The summed E-state index contributed by atoms with van der Waals surface area (Å²) in [6.45, 7) is 0. The molecule has 1 nitrogen and oxygen atoms in total. The highest BCUT2D eigenvalue weighted by Gasteiger charge is 1.99. The van der Waals surface area contributed by atoms with Gasteiger partial charge in [-0.25, -0.2) is 0 Å². The summed E-state index contributed by atoms with van der Waals surface area (Å²) in [7, 11) is 1.69. The third-order valence-corrected chi connectivity index (χ3v) is 3.78. The third-order valence-electron chi connectivity index (χ3n) is 3.78. The predicted octanol–water partition coefficient (Wildman–Crippen LogP) is 5.95. The summed E-state index contributed by atoms with van der Waals surface area (Å²) >= 11 is 0. The van der Waals surface area contributed by atoms with Crippen LogP contribution in [0.2, 0.25) is 0 Å². The van der Waals surface area contributed by atoms with Crippen molar-refractivity contribution in [3.63, 3.8) is 0 Å². The summed E-state index contributed by atoms with van der Waals surface area (Å²) in [4.78, 5) is 0. The Kier molecular flexibility index (Phi) is 5.26. The number of ether oxygens (including phenoxy) is 1. The van der Waals surface area contributed by atoms with Gasteiger partial charge in [-0.15, -0.1) is 0 Å². The number of hydrogen-bond donors (Lipinski definition) is 0. The third kappa shape index (κ3) is 4.23. The fourth-order valence-electron chi connectivity index (χ4n) is 2.52. The van der Waals surface area contributed by atoms with E-state index in [9.17, 15) is 0 Å². The number of hydrogen-bond acceptors (Lipinski definition) is 1. The maximum absolute atomic E-state index is 5.29. The first-order valence-electron chi connectivity index (χ1n) is 7.99. The molecule has 3 aromatic carbocycles. The molecule has 3 aromatic rings. The topological polar surface area (TPSA) is 9.23 Å². The first-order chi connectivity index (χ1) is 11.8. The van der Waals surface area contributed by atoms with E-state index in [2.05, 4.69) is 72.8 Å². The summed E-state index contributed by atoms with van der Waals surface area (Å²) in [5.41, 5.74) is 4.67. The van der Waals surface area contributed by atoms with Gasteiger partial charge in [-0.2, -0.15) is 0 Å². The Hall–Kier alpha value is -3.06. The fraction of sp³-hybridized carbons (Fsp3) is 0.0435. The van der Waals surface area contributed by atoms with E-state index in [4.69, 9.17) is 4.74 Å². The average molecular weight is 312 g/mol. The van der Waals surface area contributed by atoms with E-state index >= 15 is 0 Å². The molecule has 0 bridgehead atoms. The van der Waals surface area contributed by atoms with Crippen LogP contribution >= 0.6 is 0 Å². The average Bonchev–Trinajstić information content (AvgIpc) is 2.67. The quantitative estimate of drug-likeness (QED) is 0.418. The van der Waals surface area contributed by atoms with Crippen LogP contribution in [0.4, 0.5) is 0 Å². The van der Waals surface area contributed by atoms with Gasteiger partial charge in [-0.3, -0.25) is 0 Å². The van der Waals surface area contributed by atoms with Crippen LogP contribution in [0.15, 0.2) is 91.0 Å². The second-order valence-corrected chi connectivity index (χ2v) is 5.49. The van der Waals surface area contributed by atoms with Crippen LogP contribution in [0.5, 0.6) is 5.75 Å². The van der Waals surface area contributed by atoms with E-state index in [1.807, 2.05) is 30.3 Å². The van der Waals surface area contributed by atoms with Gasteiger partial charge in [-0.05, 0) is 40.5 Å². The van der Waals surface area contributed by atoms with Crippen LogP contribution in [-0.4, -0.2) is 7.11 Å². The number of allylic oxidation sites excluding steroid dienone is 2. The highest BCUT2D eigenvalue weighted by Crippen LogP contribution is 2.22. The van der Waals surface area contributed by atoms with Crippen LogP contribution in [0.25, 0.3) is 17.7 Å². The molecule has 0 aliphatic carbocycles. The largest absolute Gasteiger partial charge is 0.497 e. The Balaban J connectivity index is 1.96. The predicted molar refractivity (Wildman–Crippen MR) is 103 cm³/mol. The Morgan fingerprint density at radius 2 is 1.42 bits per heavy atom. The van der Waals surface area contributed by atoms with Gasteiger partial charge in [0.25, 0.3) is 0 Å². The molecule has 0 spiro atoms. The Morgan fingerprint density at radius 1 is 0.750 bits per heavy atom. The summed E-state index contributed by atoms with van der Waals surface area (Å²) in [6.07, 6.45) is 6.47. The van der Waals surface area contributed by atoms with Gasteiger partial charge in [0, 0.05) is 0 Å². The molecule has 3 rings (SSSR count). The summed E-state index contributed by atoms with van der Waals surface area (Å²) in [5, 5.41) is 0. The van der Waals surface area contributed by atoms with E-state index in [1.165, 1.54) is 16.7 Å². The van der Waals surface area contributed by atoms with Gasteiger partial charge >= 0.3 is 0 Å². The smallest absolute Gasteiger partial charge is 0.119 e. The van der Waals surface area contributed by atoms with Crippen LogP contribution in [0.1, 0.15) is 16.7 Å². The van der Waals surface area contributed by atoms with Gasteiger partial charge < -0.3 is 4.74 Å². The van der Waals surface area contributed by atoms with Gasteiger partial charge in [0.15, 0.2) is 0 Å².